The van der Waals surface area contributed by atoms with Crippen molar-refractivity contribution in [2.75, 3.05) is 24.3 Å². The van der Waals surface area contributed by atoms with Crippen LogP contribution in [0.2, 0.25) is 0 Å². The highest BCUT2D eigenvalue weighted by atomic mass is 32.2. The van der Waals surface area contributed by atoms with E-state index in [0.717, 1.165) is 0 Å². The van der Waals surface area contributed by atoms with E-state index in [1.54, 1.807) is 0 Å². The fraction of sp³-hybridized carbons (Fsp3) is 0.714. The Morgan fingerprint density at radius 3 is 2.27 bits per heavy atom. The third-order valence-electron chi connectivity index (χ3n) is 3.27. The normalized spacial score (nSPS) is 15.3. The van der Waals surface area contributed by atoms with Crippen LogP contribution in [-0.4, -0.2) is 82.4 Å². The first-order valence-corrected chi connectivity index (χ1v) is 9.80. The van der Waals surface area contributed by atoms with Gasteiger partial charge in [-0.2, -0.15) is 24.4 Å². The second kappa shape index (κ2) is 12.8. The zero-order valence-electron chi connectivity index (χ0n) is 14.6. The number of thioether (sulfide) groups is 1. The first-order valence-electron chi connectivity index (χ1n) is 7.77. The summed E-state index contributed by atoms with van der Waals surface area (Å²) in [6, 6.07) is -3.25. The molecule has 0 saturated heterocycles. The van der Waals surface area contributed by atoms with Gasteiger partial charge < -0.3 is 31.9 Å². The van der Waals surface area contributed by atoms with Gasteiger partial charge in [-0.15, -0.1) is 0 Å². The van der Waals surface area contributed by atoms with Crippen molar-refractivity contribution in [3.05, 3.63) is 0 Å². The van der Waals surface area contributed by atoms with Crippen LogP contribution in [0.15, 0.2) is 0 Å². The lowest BCUT2D eigenvalue weighted by Gasteiger charge is -2.20. The Kier molecular flexibility index (Phi) is 12.1. The number of thiol groups is 1. The van der Waals surface area contributed by atoms with Crippen molar-refractivity contribution in [3.63, 3.8) is 0 Å². The van der Waals surface area contributed by atoms with E-state index in [4.69, 9.17) is 10.8 Å². The van der Waals surface area contributed by atoms with E-state index in [9.17, 15) is 24.3 Å². The molecule has 0 saturated carbocycles. The molecule has 4 unspecified atom stereocenters. The number of aliphatic carboxylic acids is 1. The fourth-order valence-corrected chi connectivity index (χ4v) is 2.50. The van der Waals surface area contributed by atoms with E-state index >= 15 is 0 Å². The Morgan fingerprint density at radius 1 is 1.19 bits per heavy atom. The van der Waals surface area contributed by atoms with Gasteiger partial charge in [-0.1, -0.05) is 0 Å². The molecule has 0 aromatic carbocycles. The molecule has 10 nitrogen and oxygen atoms in total. The van der Waals surface area contributed by atoms with Crippen LogP contribution in [0.4, 0.5) is 0 Å². The molecular weight excluding hydrogens is 384 g/mol. The average Bonchev–Trinajstić information content (AvgIpc) is 2.58. The lowest BCUT2D eigenvalue weighted by atomic mass is 10.2. The van der Waals surface area contributed by atoms with Gasteiger partial charge >= 0.3 is 5.97 Å². The average molecular weight is 411 g/mol. The third-order valence-corrected chi connectivity index (χ3v) is 4.28. The quantitative estimate of drug-likeness (QED) is 0.174. The summed E-state index contributed by atoms with van der Waals surface area (Å²) < 4.78 is 0. The number of nitrogens with one attached hydrogen (secondary N) is 3. The molecule has 0 heterocycles. The first kappa shape index (κ1) is 24.5. The molecule has 0 aromatic rings. The second-order valence-electron chi connectivity index (χ2n) is 5.47. The van der Waals surface area contributed by atoms with Gasteiger partial charge in [0.15, 0.2) is 6.04 Å². The lowest BCUT2D eigenvalue weighted by molar-refractivity contribution is -0.144. The van der Waals surface area contributed by atoms with Crippen molar-refractivity contribution in [3.8, 4) is 0 Å². The standard InChI is InChI=1S/C14H26N4O6S2/c1-7(19)11(14(23)24)18-10(20)5-16-13(22)9(6-25)17-12(21)8(15)3-4-26-2/h7-9,11,19,25H,3-6,15H2,1-2H3,(H,16,22)(H,17,21)(H,18,20)(H,23,24). The Bertz CT molecular complexity index is 506. The molecule has 26 heavy (non-hydrogen) atoms. The molecule has 0 aliphatic heterocycles. The number of aliphatic hydroxyl groups excluding tert-OH is 1. The Balaban J connectivity index is 4.51. The minimum Gasteiger partial charge on any atom is -0.480 e. The number of aliphatic hydroxyl groups is 1. The van der Waals surface area contributed by atoms with Crippen LogP contribution in [-0.2, 0) is 19.2 Å². The maximum absolute atomic E-state index is 12.0. The molecule has 12 heteroatoms. The summed E-state index contributed by atoms with van der Waals surface area (Å²) in [5, 5.41) is 25.0. The molecule has 0 radical (unpaired) electrons. The number of carbonyl (C=O) groups is 4. The van der Waals surface area contributed by atoms with Crippen LogP contribution >= 0.6 is 24.4 Å². The van der Waals surface area contributed by atoms with Gasteiger partial charge in [-0.05, 0) is 25.4 Å². The van der Waals surface area contributed by atoms with E-state index in [2.05, 4.69) is 28.6 Å². The van der Waals surface area contributed by atoms with E-state index in [1.165, 1.54) is 18.7 Å². The Hall–Kier alpha value is -1.50. The van der Waals surface area contributed by atoms with Crippen molar-refractivity contribution >= 4 is 48.1 Å². The summed E-state index contributed by atoms with van der Waals surface area (Å²) in [5.41, 5.74) is 5.71. The van der Waals surface area contributed by atoms with Gasteiger partial charge in [-0.25, -0.2) is 4.79 Å². The van der Waals surface area contributed by atoms with Gasteiger partial charge in [-0.3, -0.25) is 14.4 Å². The maximum Gasteiger partial charge on any atom is 0.328 e. The lowest BCUT2D eigenvalue weighted by Crippen LogP contribution is -2.55. The number of amides is 3. The summed E-state index contributed by atoms with van der Waals surface area (Å²) in [7, 11) is 0. The number of nitrogens with two attached hydrogens (primary N) is 1. The number of hydrogen-bond donors (Lipinski definition) is 7. The smallest absolute Gasteiger partial charge is 0.328 e. The van der Waals surface area contributed by atoms with Crippen LogP contribution in [0.25, 0.3) is 0 Å². The highest BCUT2D eigenvalue weighted by molar-refractivity contribution is 7.98. The largest absolute Gasteiger partial charge is 0.480 e. The summed E-state index contributed by atoms with van der Waals surface area (Å²) in [4.78, 5) is 46.6. The molecule has 0 aliphatic rings. The summed E-state index contributed by atoms with van der Waals surface area (Å²) in [6.45, 7) is 0.693. The minimum atomic E-state index is -1.49. The minimum absolute atomic E-state index is 0.0140. The summed E-state index contributed by atoms with van der Waals surface area (Å²) in [6.07, 6.45) is 1.03. The topological polar surface area (TPSA) is 171 Å². The van der Waals surface area contributed by atoms with Crippen LogP contribution in [0.3, 0.4) is 0 Å². The Morgan fingerprint density at radius 2 is 1.81 bits per heavy atom. The number of carboxylic acids is 1. The first-order chi connectivity index (χ1) is 12.1. The molecule has 0 rings (SSSR count). The number of rotatable bonds is 12. The predicted molar refractivity (Wildman–Crippen MR) is 101 cm³/mol. The van der Waals surface area contributed by atoms with Crippen molar-refractivity contribution in [1.82, 2.24) is 16.0 Å². The van der Waals surface area contributed by atoms with Gasteiger partial charge in [0.1, 0.15) is 6.04 Å². The summed E-state index contributed by atoms with van der Waals surface area (Å²) >= 11 is 5.53. The van der Waals surface area contributed by atoms with Crippen molar-refractivity contribution < 1.29 is 29.4 Å². The van der Waals surface area contributed by atoms with Gasteiger partial charge in [0, 0.05) is 5.75 Å². The highest BCUT2D eigenvalue weighted by Gasteiger charge is 2.26. The molecule has 0 fully saturated rings. The maximum atomic E-state index is 12.0. The van der Waals surface area contributed by atoms with Gasteiger partial charge in [0.25, 0.3) is 0 Å². The molecule has 0 spiro atoms. The van der Waals surface area contributed by atoms with E-state index in [-0.39, 0.29) is 5.75 Å². The molecule has 0 aromatic heterocycles. The van der Waals surface area contributed by atoms with Crippen LogP contribution in [0, 0.1) is 0 Å². The van der Waals surface area contributed by atoms with Crippen LogP contribution in [0.1, 0.15) is 13.3 Å². The SMILES string of the molecule is CSCCC(N)C(=O)NC(CS)C(=O)NCC(=O)NC(C(=O)O)C(C)O. The van der Waals surface area contributed by atoms with Crippen molar-refractivity contribution in [1.29, 1.82) is 0 Å². The van der Waals surface area contributed by atoms with E-state index in [0.29, 0.717) is 12.2 Å². The molecule has 4 atom stereocenters. The monoisotopic (exact) mass is 410 g/mol. The fourth-order valence-electron chi connectivity index (χ4n) is 1.75. The molecule has 7 N–H and O–H groups in total. The van der Waals surface area contributed by atoms with E-state index < -0.39 is 54.5 Å². The van der Waals surface area contributed by atoms with E-state index in [1.807, 2.05) is 6.26 Å². The van der Waals surface area contributed by atoms with Crippen molar-refractivity contribution in [2.24, 2.45) is 5.73 Å². The van der Waals surface area contributed by atoms with Gasteiger partial charge in [0.05, 0.1) is 18.7 Å². The molecular formula is C14H26N4O6S2. The number of carbonyl (C=O) groups excluding carboxylic acids is 3. The molecule has 3 amide bonds. The van der Waals surface area contributed by atoms with Crippen molar-refractivity contribution in [2.45, 2.75) is 37.6 Å². The van der Waals surface area contributed by atoms with Crippen LogP contribution in [0.5, 0.6) is 0 Å². The molecule has 0 aliphatic carbocycles. The second-order valence-corrected chi connectivity index (χ2v) is 6.82. The molecule has 0 bridgehead atoms. The van der Waals surface area contributed by atoms with Crippen LogP contribution < -0.4 is 21.7 Å². The predicted octanol–water partition coefficient (Wildman–Crippen LogP) is -2.45. The highest BCUT2D eigenvalue weighted by Crippen LogP contribution is 2.00. The summed E-state index contributed by atoms with van der Waals surface area (Å²) in [5.74, 6) is -2.69. The number of carboxylic acid groups (broad SMARTS) is 1. The number of hydrogen-bond acceptors (Lipinski definition) is 8. The zero-order chi connectivity index (χ0) is 20.3. The molecule has 150 valence electrons. The Labute approximate surface area is 161 Å². The zero-order valence-corrected chi connectivity index (χ0v) is 16.3. The third kappa shape index (κ3) is 9.27. The van der Waals surface area contributed by atoms with Gasteiger partial charge in [0.2, 0.25) is 17.7 Å².